The Kier molecular flexibility index (Phi) is 4.95. The largest absolute Gasteiger partial charge is 0.497 e. The number of aromatic nitrogens is 3. The van der Waals surface area contributed by atoms with E-state index in [1.807, 2.05) is 60.7 Å². The van der Waals surface area contributed by atoms with E-state index in [0.29, 0.717) is 33.9 Å². The van der Waals surface area contributed by atoms with Crippen molar-refractivity contribution in [3.63, 3.8) is 0 Å². The van der Waals surface area contributed by atoms with Crippen molar-refractivity contribution >= 4 is 11.6 Å². The molecule has 0 bridgehead atoms. The summed E-state index contributed by atoms with van der Waals surface area (Å²) >= 11 is 5.95. The van der Waals surface area contributed by atoms with E-state index in [0.717, 1.165) is 16.8 Å². The van der Waals surface area contributed by atoms with Gasteiger partial charge in [-0.3, -0.25) is 0 Å². The smallest absolute Gasteiger partial charge is 0.258 e. The van der Waals surface area contributed by atoms with E-state index in [1.165, 1.54) is 0 Å². The van der Waals surface area contributed by atoms with Gasteiger partial charge in [0.15, 0.2) is 0 Å². The van der Waals surface area contributed by atoms with Crippen molar-refractivity contribution in [1.29, 1.82) is 0 Å². The van der Waals surface area contributed by atoms with Crippen LogP contribution in [0, 0.1) is 0 Å². The molecule has 0 unspecified atom stereocenters. The molecule has 0 saturated heterocycles. The molecule has 0 aliphatic carbocycles. The topological polar surface area (TPSA) is 70.3 Å². The van der Waals surface area contributed by atoms with E-state index >= 15 is 0 Å². The molecule has 4 aromatic rings. The molecule has 0 aliphatic rings. The molecule has 0 fully saturated rings. The third-order valence-corrected chi connectivity index (χ3v) is 4.43. The molecular weight excluding hydrogens is 378 g/mol. The van der Waals surface area contributed by atoms with E-state index in [4.69, 9.17) is 25.6 Å². The number of ether oxygens (including phenoxy) is 2. The molecule has 4 rings (SSSR count). The first-order chi connectivity index (χ1) is 13.7. The summed E-state index contributed by atoms with van der Waals surface area (Å²) in [5, 5.41) is 4.75. The van der Waals surface area contributed by atoms with Gasteiger partial charge in [-0.05, 0) is 42.5 Å². The van der Waals surface area contributed by atoms with Gasteiger partial charge in [-0.1, -0.05) is 35.0 Å². The summed E-state index contributed by atoms with van der Waals surface area (Å²) in [4.78, 5) is 9.05. The third kappa shape index (κ3) is 3.54. The normalized spacial score (nSPS) is 10.7. The van der Waals surface area contributed by atoms with Crippen LogP contribution in [-0.4, -0.2) is 29.3 Å². The molecule has 7 heteroatoms. The van der Waals surface area contributed by atoms with Crippen molar-refractivity contribution < 1.29 is 14.0 Å². The Morgan fingerprint density at radius 2 is 1.68 bits per heavy atom. The predicted octanol–water partition coefficient (Wildman–Crippen LogP) is 5.14. The van der Waals surface area contributed by atoms with Gasteiger partial charge in [0.2, 0.25) is 11.7 Å². The minimum absolute atomic E-state index is 0.387. The first-order valence-electron chi connectivity index (χ1n) is 8.47. The first-order valence-corrected chi connectivity index (χ1v) is 8.85. The molecular formula is C21H16ClN3O3. The SMILES string of the molecule is COc1cccc(-c2nc(-c3ccc(-c4ccc(Cl)cc4)nc3OC)no2)c1. The minimum atomic E-state index is 0.387. The van der Waals surface area contributed by atoms with Gasteiger partial charge in [0.1, 0.15) is 5.75 Å². The molecule has 0 spiro atoms. The molecule has 2 heterocycles. The molecule has 0 atom stereocenters. The average Bonchev–Trinajstić information content (AvgIpc) is 3.24. The second-order valence-electron chi connectivity index (χ2n) is 5.92. The van der Waals surface area contributed by atoms with Crippen LogP contribution in [0.1, 0.15) is 0 Å². The van der Waals surface area contributed by atoms with Crippen LogP contribution in [-0.2, 0) is 0 Å². The highest BCUT2D eigenvalue weighted by Gasteiger charge is 2.17. The highest BCUT2D eigenvalue weighted by Crippen LogP contribution is 2.31. The summed E-state index contributed by atoms with van der Waals surface area (Å²) in [6, 6.07) is 18.6. The van der Waals surface area contributed by atoms with Crippen LogP contribution >= 0.6 is 11.6 Å². The van der Waals surface area contributed by atoms with Gasteiger partial charge in [0, 0.05) is 16.1 Å². The number of hydrogen-bond acceptors (Lipinski definition) is 6. The van der Waals surface area contributed by atoms with Crippen LogP contribution in [0.15, 0.2) is 65.2 Å². The number of pyridine rings is 1. The summed E-state index contributed by atoms with van der Waals surface area (Å²) in [5.41, 5.74) is 3.09. The Morgan fingerprint density at radius 1 is 0.857 bits per heavy atom. The van der Waals surface area contributed by atoms with Crippen LogP contribution in [0.3, 0.4) is 0 Å². The van der Waals surface area contributed by atoms with Crippen molar-refractivity contribution in [2.45, 2.75) is 0 Å². The summed E-state index contributed by atoms with van der Waals surface area (Å²) < 4.78 is 16.1. The van der Waals surface area contributed by atoms with Gasteiger partial charge < -0.3 is 14.0 Å². The minimum Gasteiger partial charge on any atom is -0.497 e. The van der Waals surface area contributed by atoms with Gasteiger partial charge in [-0.25, -0.2) is 4.98 Å². The van der Waals surface area contributed by atoms with Crippen LogP contribution in [0.4, 0.5) is 0 Å². The third-order valence-electron chi connectivity index (χ3n) is 4.18. The fourth-order valence-corrected chi connectivity index (χ4v) is 2.88. The second kappa shape index (κ2) is 7.70. The molecule has 0 saturated carbocycles. The van der Waals surface area contributed by atoms with Gasteiger partial charge >= 0.3 is 0 Å². The highest BCUT2D eigenvalue weighted by molar-refractivity contribution is 6.30. The molecule has 2 aromatic carbocycles. The van der Waals surface area contributed by atoms with Crippen LogP contribution in [0.2, 0.25) is 5.02 Å². The molecule has 0 amide bonds. The van der Waals surface area contributed by atoms with Gasteiger partial charge in [-0.15, -0.1) is 0 Å². The lowest BCUT2D eigenvalue weighted by atomic mass is 10.1. The first kappa shape index (κ1) is 18.0. The van der Waals surface area contributed by atoms with Crippen LogP contribution in [0.5, 0.6) is 11.6 Å². The summed E-state index contributed by atoms with van der Waals surface area (Å²) in [6.45, 7) is 0. The van der Waals surface area contributed by atoms with Crippen molar-refractivity contribution in [1.82, 2.24) is 15.1 Å². The number of nitrogens with zero attached hydrogens (tertiary/aromatic N) is 3. The zero-order valence-corrected chi connectivity index (χ0v) is 16.0. The van der Waals surface area contributed by atoms with Crippen molar-refractivity contribution in [2.75, 3.05) is 14.2 Å². The maximum Gasteiger partial charge on any atom is 0.258 e. The molecule has 6 nitrogen and oxygen atoms in total. The summed E-state index contributed by atoms with van der Waals surface area (Å²) in [6.07, 6.45) is 0. The number of rotatable bonds is 5. The van der Waals surface area contributed by atoms with Crippen LogP contribution in [0.25, 0.3) is 34.1 Å². The predicted molar refractivity (Wildman–Crippen MR) is 107 cm³/mol. The fraction of sp³-hybridized carbons (Fsp3) is 0.0952. The zero-order chi connectivity index (χ0) is 19.5. The van der Waals surface area contributed by atoms with Crippen molar-refractivity contribution in [3.05, 3.63) is 65.7 Å². The highest BCUT2D eigenvalue weighted by atomic mass is 35.5. The van der Waals surface area contributed by atoms with Gasteiger partial charge in [0.25, 0.3) is 5.89 Å². The molecule has 0 radical (unpaired) electrons. The molecule has 0 aliphatic heterocycles. The van der Waals surface area contributed by atoms with E-state index in [2.05, 4.69) is 15.1 Å². The maximum atomic E-state index is 5.95. The lowest BCUT2D eigenvalue weighted by Gasteiger charge is -2.07. The van der Waals surface area contributed by atoms with Crippen molar-refractivity contribution in [3.8, 4) is 45.7 Å². The molecule has 0 N–H and O–H groups in total. The maximum absolute atomic E-state index is 5.95. The molecule has 28 heavy (non-hydrogen) atoms. The molecule has 2 aromatic heterocycles. The standard InChI is InChI=1S/C21H16ClN3O3/c1-26-16-5-3-4-14(12-16)20-24-19(25-28-20)17-10-11-18(23-21(17)27-2)13-6-8-15(22)9-7-13/h3-12H,1-2H3. The number of halogens is 1. The Hall–Kier alpha value is -3.38. The summed E-state index contributed by atoms with van der Waals surface area (Å²) in [7, 11) is 3.16. The van der Waals surface area contributed by atoms with E-state index in [9.17, 15) is 0 Å². The number of methoxy groups -OCH3 is 2. The molecule has 140 valence electrons. The second-order valence-corrected chi connectivity index (χ2v) is 6.35. The van der Waals surface area contributed by atoms with E-state index in [1.54, 1.807) is 14.2 Å². The Labute approximate surface area is 166 Å². The lowest BCUT2D eigenvalue weighted by molar-refractivity contribution is 0.398. The quantitative estimate of drug-likeness (QED) is 0.467. The lowest BCUT2D eigenvalue weighted by Crippen LogP contribution is -1.95. The fourth-order valence-electron chi connectivity index (χ4n) is 2.75. The average molecular weight is 394 g/mol. The van der Waals surface area contributed by atoms with Crippen molar-refractivity contribution in [2.24, 2.45) is 0 Å². The summed E-state index contributed by atoms with van der Waals surface area (Å²) in [5.74, 6) is 1.90. The monoisotopic (exact) mass is 393 g/mol. The zero-order valence-electron chi connectivity index (χ0n) is 15.2. The van der Waals surface area contributed by atoms with Crippen LogP contribution < -0.4 is 9.47 Å². The van der Waals surface area contributed by atoms with E-state index < -0.39 is 0 Å². The Bertz CT molecular complexity index is 1110. The number of benzene rings is 2. The Morgan fingerprint density at radius 3 is 2.43 bits per heavy atom. The Balaban J connectivity index is 1.69. The van der Waals surface area contributed by atoms with Gasteiger partial charge in [0.05, 0.1) is 25.5 Å². The van der Waals surface area contributed by atoms with Gasteiger partial charge in [-0.2, -0.15) is 4.98 Å². The van der Waals surface area contributed by atoms with E-state index in [-0.39, 0.29) is 0 Å². The number of hydrogen-bond donors (Lipinski definition) is 0.